The van der Waals surface area contributed by atoms with Crippen LogP contribution in [-0.2, 0) is 0 Å². The van der Waals surface area contributed by atoms with Crippen LogP contribution in [0.2, 0.25) is 0 Å². The first kappa shape index (κ1) is 16.8. The Morgan fingerprint density at radius 1 is 0.920 bits per heavy atom. The predicted octanol–water partition coefficient (Wildman–Crippen LogP) is 4.81. The van der Waals surface area contributed by atoms with Crippen LogP contribution in [-0.4, -0.2) is 24.2 Å². The highest BCUT2D eigenvalue weighted by Gasteiger charge is 2.07. The lowest BCUT2D eigenvalue weighted by Gasteiger charge is -2.11. The van der Waals surface area contributed by atoms with Gasteiger partial charge in [0, 0.05) is 17.6 Å². The van der Waals surface area contributed by atoms with Gasteiger partial charge in [-0.1, -0.05) is 48.5 Å². The Balaban J connectivity index is 1.46. The monoisotopic (exact) mass is 335 g/mol. The summed E-state index contributed by atoms with van der Waals surface area (Å²) in [5.41, 5.74) is 0.958. The number of carboxylic acid groups (broad SMARTS) is 1. The van der Waals surface area contributed by atoms with Crippen LogP contribution in [0, 0.1) is 0 Å². The molecule has 4 nitrogen and oxygen atoms in total. The van der Waals surface area contributed by atoms with Gasteiger partial charge in [0.25, 0.3) is 0 Å². The van der Waals surface area contributed by atoms with Gasteiger partial charge in [0.05, 0.1) is 12.2 Å². The van der Waals surface area contributed by atoms with Gasteiger partial charge in [-0.2, -0.15) is 0 Å². The summed E-state index contributed by atoms with van der Waals surface area (Å²) in [5.74, 6) is -0.00956. The van der Waals surface area contributed by atoms with E-state index in [1.165, 1.54) is 5.39 Å². The van der Waals surface area contributed by atoms with E-state index in [4.69, 9.17) is 9.84 Å². The van der Waals surface area contributed by atoms with Gasteiger partial charge in [0.1, 0.15) is 5.75 Å². The number of aromatic carboxylic acids is 1. The summed E-state index contributed by atoms with van der Waals surface area (Å²) in [5, 5.41) is 14.6. The van der Waals surface area contributed by atoms with Gasteiger partial charge in [0.15, 0.2) is 0 Å². The molecule has 3 aromatic carbocycles. The minimum Gasteiger partial charge on any atom is -0.493 e. The van der Waals surface area contributed by atoms with Crippen molar-refractivity contribution in [3.05, 3.63) is 72.3 Å². The fourth-order valence-electron chi connectivity index (χ4n) is 2.78. The molecule has 0 aliphatic rings. The molecule has 0 radical (unpaired) electrons. The number of fused-ring (bicyclic) bond motifs is 1. The van der Waals surface area contributed by atoms with Crippen molar-refractivity contribution < 1.29 is 14.6 Å². The topological polar surface area (TPSA) is 58.6 Å². The highest BCUT2D eigenvalue weighted by molar-refractivity contribution is 5.94. The van der Waals surface area contributed by atoms with Crippen LogP contribution in [0.4, 0.5) is 5.69 Å². The molecule has 0 heterocycles. The lowest BCUT2D eigenvalue weighted by molar-refractivity contribution is 0.0698. The number of anilines is 1. The van der Waals surface area contributed by atoms with Crippen LogP contribution in [0.15, 0.2) is 66.7 Å². The minimum absolute atomic E-state index is 0.300. The number of benzene rings is 3. The summed E-state index contributed by atoms with van der Waals surface area (Å²) >= 11 is 0. The molecule has 0 aliphatic carbocycles. The molecule has 0 amide bonds. The Morgan fingerprint density at radius 3 is 2.56 bits per heavy atom. The van der Waals surface area contributed by atoms with Gasteiger partial charge in [-0.25, -0.2) is 4.79 Å². The molecule has 4 heteroatoms. The quantitative estimate of drug-likeness (QED) is 0.580. The van der Waals surface area contributed by atoms with Gasteiger partial charge >= 0.3 is 5.97 Å². The van der Waals surface area contributed by atoms with E-state index in [9.17, 15) is 4.79 Å². The zero-order chi connectivity index (χ0) is 17.5. The normalized spacial score (nSPS) is 10.6. The average molecular weight is 335 g/mol. The van der Waals surface area contributed by atoms with Crippen LogP contribution >= 0.6 is 0 Å². The fraction of sp³-hybridized carbons (Fsp3) is 0.190. The van der Waals surface area contributed by atoms with Crippen LogP contribution < -0.4 is 10.1 Å². The Hall–Kier alpha value is -3.01. The number of ether oxygens (including phenoxy) is 1. The Labute approximate surface area is 147 Å². The van der Waals surface area contributed by atoms with E-state index in [1.807, 2.05) is 30.3 Å². The zero-order valence-electron chi connectivity index (χ0n) is 13.9. The van der Waals surface area contributed by atoms with Gasteiger partial charge in [-0.15, -0.1) is 0 Å². The summed E-state index contributed by atoms with van der Waals surface area (Å²) < 4.78 is 5.91. The van der Waals surface area contributed by atoms with Crippen molar-refractivity contribution in [2.45, 2.75) is 12.8 Å². The number of carbonyl (C=O) groups is 1. The van der Waals surface area contributed by atoms with E-state index < -0.39 is 5.97 Å². The first-order valence-corrected chi connectivity index (χ1v) is 8.42. The predicted molar refractivity (Wildman–Crippen MR) is 101 cm³/mol. The van der Waals surface area contributed by atoms with Gasteiger partial charge in [-0.05, 0) is 36.4 Å². The van der Waals surface area contributed by atoms with Crippen molar-refractivity contribution in [2.24, 2.45) is 0 Å². The summed E-state index contributed by atoms with van der Waals surface area (Å²) in [7, 11) is 0. The molecule has 0 unspecified atom stereocenters. The summed E-state index contributed by atoms with van der Waals surface area (Å²) in [6, 6.07) is 21.2. The molecule has 25 heavy (non-hydrogen) atoms. The van der Waals surface area contributed by atoms with Crippen molar-refractivity contribution >= 4 is 22.4 Å². The van der Waals surface area contributed by atoms with Crippen LogP contribution in [0.3, 0.4) is 0 Å². The molecule has 0 saturated heterocycles. The van der Waals surface area contributed by atoms with Crippen LogP contribution in [0.5, 0.6) is 5.75 Å². The largest absolute Gasteiger partial charge is 0.493 e. The third-order valence-electron chi connectivity index (χ3n) is 4.05. The van der Waals surface area contributed by atoms with E-state index in [0.717, 1.165) is 24.0 Å². The fourth-order valence-corrected chi connectivity index (χ4v) is 2.78. The molecule has 0 spiro atoms. The van der Waals surface area contributed by atoms with Crippen LogP contribution in [0.1, 0.15) is 23.2 Å². The number of para-hydroxylation sites is 1. The first-order valence-electron chi connectivity index (χ1n) is 8.42. The molecule has 0 saturated carbocycles. The second-order valence-corrected chi connectivity index (χ2v) is 5.81. The van der Waals surface area contributed by atoms with E-state index in [2.05, 4.69) is 23.5 Å². The third kappa shape index (κ3) is 4.29. The average Bonchev–Trinajstić information content (AvgIpc) is 2.65. The smallest absolute Gasteiger partial charge is 0.337 e. The van der Waals surface area contributed by atoms with Crippen molar-refractivity contribution in [1.29, 1.82) is 0 Å². The second-order valence-electron chi connectivity index (χ2n) is 5.81. The van der Waals surface area contributed by atoms with Crippen molar-refractivity contribution in [3.63, 3.8) is 0 Å². The number of carboxylic acids is 1. The van der Waals surface area contributed by atoms with E-state index in [-0.39, 0.29) is 0 Å². The SMILES string of the molecule is O=C(O)c1ccccc1NCCCCOc1cccc2ccccc12. The molecule has 0 fully saturated rings. The van der Waals surface area contributed by atoms with Gasteiger partial charge < -0.3 is 15.2 Å². The zero-order valence-corrected chi connectivity index (χ0v) is 13.9. The summed E-state index contributed by atoms with van der Waals surface area (Å²) in [4.78, 5) is 11.2. The maximum absolute atomic E-state index is 11.2. The maximum atomic E-state index is 11.2. The molecule has 0 atom stereocenters. The molecular formula is C21H21NO3. The number of unbranched alkanes of at least 4 members (excludes halogenated alkanes) is 1. The molecule has 0 bridgehead atoms. The molecule has 3 rings (SSSR count). The van der Waals surface area contributed by atoms with Crippen LogP contribution in [0.25, 0.3) is 10.8 Å². The van der Waals surface area contributed by atoms with E-state index in [0.29, 0.717) is 24.4 Å². The van der Waals surface area contributed by atoms with Crippen molar-refractivity contribution in [3.8, 4) is 5.75 Å². The first-order chi connectivity index (χ1) is 12.3. The van der Waals surface area contributed by atoms with E-state index in [1.54, 1.807) is 18.2 Å². The van der Waals surface area contributed by atoms with Crippen molar-refractivity contribution in [1.82, 2.24) is 0 Å². The Morgan fingerprint density at radius 2 is 1.68 bits per heavy atom. The molecule has 2 N–H and O–H groups in total. The highest BCUT2D eigenvalue weighted by Crippen LogP contribution is 2.25. The Kier molecular flexibility index (Phi) is 5.52. The molecule has 128 valence electrons. The number of rotatable bonds is 8. The van der Waals surface area contributed by atoms with Crippen molar-refractivity contribution in [2.75, 3.05) is 18.5 Å². The molecular weight excluding hydrogens is 314 g/mol. The third-order valence-corrected chi connectivity index (χ3v) is 4.05. The lowest BCUT2D eigenvalue weighted by Crippen LogP contribution is -2.08. The summed E-state index contributed by atoms with van der Waals surface area (Å²) in [6.45, 7) is 1.35. The maximum Gasteiger partial charge on any atom is 0.337 e. The minimum atomic E-state index is -0.914. The molecule has 0 aromatic heterocycles. The second kappa shape index (κ2) is 8.20. The number of hydrogen-bond acceptors (Lipinski definition) is 3. The number of nitrogens with one attached hydrogen (secondary N) is 1. The molecule has 3 aromatic rings. The highest BCUT2D eigenvalue weighted by atomic mass is 16.5. The Bertz CT molecular complexity index is 855. The van der Waals surface area contributed by atoms with Gasteiger partial charge in [-0.3, -0.25) is 0 Å². The van der Waals surface area contributed by atoms with E-state index >= 15 is 0 Å². The molecule has 0 aliphatic heterocycles. The lowest BCUT2D eigenvalue weighted by atomic mass is 10.1. The standard InChI is InChI=1S/C21H21NO3/c23-21(24)18-11-3-4-12-19(18)22-14-5-6-15-25-20-13-7-9-16-8-1-2-10-17(16)20/h1-4,7-13,22H,5-6,14-15H2,(H,23,24). The number of hydrogen-bond donors (Lipinski definition) is 2. The van der Waals surface area contributed by atoms with Gasteiger partial charge in [0.2, 0.25) is 0 Å². The summed E-state index contributed by atoms with van der Waals surface area (Å²) in [6.07, 6.45) is 1.80.